The number of rotatable bonds is 1. The van der Waals surface area contributed by atoms with Crippen LogP contribution < -0.4 is 0 Å². The molecule has 2 fully saturated rings. The summed E-state index contributed by atoms with van der Waals surface area (Å²) in [5.41, 5.74) is 2.86. The van der Waals surface area contributed by atoms with Crippen molar-refractivity contribution in [2.75, 3.05) is 7.11 Å². The standard InChI is InChI=1S/C18H22O2/c1-17-7-8-18(11-17)12(10-16(17)20-2)9-15(19)13-5-3-4-6-14(13)18/h3-6,12,16H,7-11H2,1-2H3/t12-,16-,17-,18-/m0/s1. The van der Waals surface area contributed by atoms with Crippen molar-refractivity contribution in [2.24, 2.45) is 11.3 Å². The van der Waals surface area contributed by atoms with E-state index in [9.17, 15) is 4.79 Å². The fourth-order valence-corrected chi connectivity index (χ4v) is 5.40. The Balaban J connectivity index is 1.87. The van der Waals surface area contributed by atoms with Crippen LogP contribution in [0.3, 0.4) is 0 Å². The highest BCUT2D eigenvalue weighted by Gasteiger charge is 2.60. The monoisotopic (exact) mass is 270 g/mol. The van der Waals surface area contributed by atoms with Crippen LogP contribution in [0.2, 0.25) is 0 Å². The molecular formula is C18H22O2. The van der Waals surface area contributed by atoms with Crippen molar-refractivity contribution in [3.8, 4) is 0 Å². The summed E-state index contributed by atoms with van der Waals surface area (Å²) >= 11 is 0. The number of methoxy groups -OCH3 is 1. The summed E-state index contributed by atoms with van der Waals surface area (Å²) < 4.78 is 5.78. The smallest absolute Gasteiger partial charge is 0.163 e. The van der Waals surface area contributed by atoms with Gasteiger partial charge in [-0.05, 0) is 42.6 Å². The van der Waals surface area contributed by atoms with E-state index < -0.39 is 0 Å². The first kappa shape index (κ1) is 12.6. The van der Waals surface area contributed by atoms with Crippen LogP contribution in [0.1, 0.15) is 54.9 Å². The topological polar surface area (TPSA) is 26.3 Å². The Kier molecular flexibility index (Phi) is 2.48. The summed E-state index contributed by atoms with van der Waals surface area (Å²) in [6.07, 6.45) is 5.72. The number of carbonyl (C=O) groups excluding carboxylic acids is 1. The van der Waals surface area contributed by atoms with Gasteiger partial charge in [-0.3, -0.25) is 4.79 Å². The molecule has 2 heteroatoms. The van der Waals surface area contributed by atoms with E-state index in [0.29, 0.717) is 29.6 Å². The zero-order chi connectivity index (χ0) is 14.0. The lowest BCUT2D eigenvalue weighted by molar-refractivity contribution is -0.0512. The van der Waals surface area contributed by atoms with Gasteiger partial charge in [-0.25, -0.2) is 0 Å². The van der Waals surface area contributed by atoms with Crippen LogP contribution in [0, 0.1) is 11.3 Å². The van der Waals surface area contributed by atoms with Gasteiger partial charge in [0.1, 0.15) is 0 Å². The molecule has 0 amide bonds. The molecule has 0 saturated heterocycles. The molecule has 0 heterocycles. The van der Waals surface area contributed by atoms with E-state index in [-0.39, 0.29) is 5.41 Å². The molecule has 1 spiro atoms. The molecule has 1 aromatic rings. The first-order valence-electron chi connectivity index (χ1n) is 7.75. The Morgan fingerprint density at radius 3 is 2.85 bits per heavy atom. The van der Waals surface area contributed by atoms with Crippen molar-refractivity contribution in [3.63, 3.8) is 0 Å². The minimum Gasteiger partial charge on any atom is -0.381 e. The lowest BCUT2D eigenvalue weighted by atomic mass is 9.55. The second kappa shape index (κ2) is 3.94. The Labute approximate surface area is 120 Å². The van der Waals surface area contributed by atoms with E-state index in [0.717, 1.165) is 12.0 Å². The summed E-state index contributed by atoms with van der Waals surface area (Å²) in [6.45, 7) is 2.38. The molecule has 0 aliphatic heterocycles. The number of benzene rings is 1. The molecule has 4 rings (SSSR count). The molecule has 3 aliphatic carbocycles. The van der Waals surface area contributed by atoms with E-state index >= 15 is 0 Å². The molecule has 20 heavy (non-hydrogen) atoms. The Morgan fingerprint density at radius 2 is 2.05 bits per heavy atom. The van der Waals surface area contributed by atoms with Crippen LogP contribution in [0.5, 0.6) is 0 Å². The largest absolute Gasteiger partial charge is 0.381 e. The van der Waals surface area contributed by atoms with E-state index in [1.54, 1.807) is 0 Å². The van der Waals surface area contributed by atoms with Gasteiger partial charge < -0.3 is 4.74 Å². The molecule has 0 unspecified atom stereocenters. The third-order valence-corrected chi connectivity index (χ3v) is 6.40. The summed E-state index contributed by atoms with van der Waals surface area (Å²) in [5.74, 6) is 0.812. The predicted molar refractivity (Wildman–Crippen MR) is 77.9 cm³/mol. The van der Waals surface area contributed by atoms with Crippen LogP contribution >= 0.6 is 0 Å². The number of ether oxygens (including phenoxy) is 1. The molecule has 2 bridgehead atoms. The molecular weight excluding hydrogens is 248 g/mol. The molecule has 1 aromatic carbocycles. The molecule has 2 saturated carbocycles. The van der Waals surface area contributed by atoms with Crippen molar-refractivity contribution in [1.29, 1.82) is 0 Å². The van der Waals surface area contributed by atoms with Gasteiger partial charge in [-0.15, -0.1) is 0 Å². The Morgan fingerprint density at radius 1 is 1.25 bits per heavy atom. The first-order chi connectivity index (χ1) is 9.59. The first-order valence-corrected chi connectivity index (χ1v) is 7.75. The van der Waals surface area contributed by atoms with Gasteiger partial charge in [-0.2, -0.15) is 0 Å². The van der Waals surface area contributed by atoms with E-state index in [2.05, 4.69) is 19.1 Å². The SMILES string of the molecule is CO[C@H]1C[C@@H]2CC(=O)c3ccccc3[C@]23CC[C@@]1(C)C3. The van der Waals surface area contributed by atoms with Crippen molar-refractivity contribution in [3.05, 3.63) is 35.4 Å². The number of Topliss-reactive ketones (excluding diaryl/α,β-unsaturated/α-hetero) is 1. The lowest BCUT2D eigenvalue weighted by Crippen LogP contribution is -2.49. The van der Waals surface area contributed by atoms with Crippen LogP contribution in [0.15, 0.2) is 24.3 Å². The molecule has 4 atom stereocenters. The predicted octanol–water partition coefficient (Wildman–Crippen LogP) is 3.74. The normalized spacial score (nSPS) is 42.2. The van der Waals surface area contributed by atoms with Crippen molar-refractivity contribution < 1.29 is 9.53 Å². The van der Waals surface area contributed by atoms with Gasteiger partial charge in [0.15, 0.2) is 5.78 Å². The van der Waals surface area contributed by atoms with E-state index in [1.165, 1.54) is 24.8 Å². The minimum absolute atomic E-state index is 0.244. The maximum absolute atomic E-state index is 12.4. The maximum atomic E-state index is 12.4. The van der Waals surface area contributed by atoms with Gasteiger partial charge in [0.2, 0.25) is 0 Å². The highest BCUT2D eigenvalue weighted by molar-refractivity contribution is 5.99. The summed E-state index contributed by atoms with van der Waals surface area (Å²) in [6, 6.07) is 8.34. The maximum Gasteiger partial charge on any atom is 0.163 e. The fraction of sp³-hybridized carbons (Fsp3) is 0.611. The summed E-state index contributed by atoms with van der Waals surface area (Å²) in [7, 11) is 1.83. The van der Waals surface area contributed by atoms with Crippen LogP contribution in [-0.2, 0) is 10.2 Å². The quantitative estimate of drug-likeness (QED) is 0.777. The molecule has 0 radical (unpaired) electrons. The summed E-state index contributed by atoms with van der Waals surface area (Å²) in [5, 5.41) is 0. The van der Waals surface area contributed by atoms with Gasteiger partial charge in [0, 0.05) is 24.5 Å². The molecule has 2 nitrogen and oxygen atoms in total. The van der Waals surface area contributed by atoms with Crippen LogP contribution in [-0.4, -0.2) is 19.0 Å². The molecule has 0 N–H and O–H groups in total. The van der Waals surface area contributed by atoms with Crippen molar-refractivity contribution in [2.45, 2.75) is 50.5 Å². The Bertz CT molecular complexity index is 579. The van der Waals surface area contributed by atoms with Crippen LogP contribution in [0.25, 0.3) is 0 Å². The van der Waals surface area contributed by atoms with E-state index in [1.807, 2.05) is 19.2 Å². The van der Waals surface area contributed by atoms with Crippen LogP contribution in [0.4, 0.5) is 0 Å². The van der Waals surface area contributed by atoms with Crippen molar-refractivity contribution in [1.82, 2.24) is 0 Å². The van der Waals surface area contributed by atoms with Gasteiger partial charge >= 0.3 is 0 Å². The molecule has 0 aromatic heterocycles. The van der Waals surface area contributed by atoms with Gasteiger partial charge in [0.05, 0.1) is 6.10 Å². The minimum atomic E-state index is 0.244. The number of hydrogen-bond acceptors (Lipinski definition) is 2. The zero-order valence-electron chi connectivity index (χ0n) is 12.3. The number of hydrogen-bond donors (Lipinski definition) is 0. The third-order valence-electron chi connectivity index (χ3n) is 6.40. The highest BCUT2D eigenvalue weighted by Crippen LogP contribution is 2.64. The molecule has 106 valence electrons. The fourth-order valence-electron chi connectivity index (χ4n) is 5.40. The molecule has 3 aliphatic rings. The second-order valence-electron chi connectivity index (χ2n) is 7.32. The average Bonchev–Trinajstić information content (AvgIpc) is 2.76. The Hall–Kier alpha value is -1.15. The second-order valence-corrected chi connectivity index (χ2v) is 7.32. The average molecular weight is 270 g/mol. The van der Waals surface area contributed by atoms with Gasteiger partial charge in [-0.1, -0.05) is 31.2 Å². The number of carbonyl (C=O) groups is 1. The number of fused-ring (bicyclic) bond motifs is 2. The summed E-state index contributed by atoms with van der Waals surface area (Å²) in [4.78, 5) is 12.4. The number of ketones is 1. The van der Waals surface area contributed by atoms with Gasteiger partial charge in [0.25, 0.3) is 0 Å². The third kappa shape index (κ3) is 1.41. The lowest BCUT2D eigenvalue weighted by Gasteiger charge is -2.50. The van der Waals surface area contributed by atoms with E-state index in [4.69, 9.17) is 4.74 Å². The highest BCUT2D eigenvalue weighted by atomic mass is 16.5. The zero-order valence-corrected chi connectivity index (χ0v) is 12.3. The van der Waals surface area contributed by atoms with Crippen molar-refractivity contribution >= 4 is 5.78 Å².